The van der Waals surface area contributed by atoms with Crippen LogP contribution in [0.5, 0.6) is 0 Å². The number of hydrogen-bond acceptors (Lipinski definition) is 6. The Morgan fingerprint density at radius 1 is 1.14 bits per heavy atom. The van der Waals surface area contributed by atoms with Crippen molar-refractivity contribution in [3.63, 3.8) is 0 Å². The van der Waals surface area contributed by atoms with Gasteiger partial charge in [-0.3, -0.25) is 9.69 Å². The van der Waals surface area contributed by atoms with Crippen LogP contribution in [0.2, 0.25) is 0 Å². The van der Waals surface area contributed by atoms with E-state index in [-0.39, 0.29) is 5.91 Å². The molecule has 2 heterocycles. The number of aromatic nitrogens is 2. The fraction of sp³-hybridized carbons (Fsp3) is 0.364. The number of nitrogens with zero attached hydrogens (tertiary/aromatic N) is 5. The third kappa shape index (κ3) is 8.53. The molecule has 1 aliphatic heterocycles. The van der Waals surface area contributed by atoms with Crippen LogP contribution in [0.25, 0.3) is 5.57 Å². The molecule has 0 spiro atoms. The number of amides is 1. The van der Waals surface area contributed by atoms with Gasteiger partial charge in [0.05, 0.1) is 11.3 Å². The molecule has 7 nitrogen and oxygen atoms in total. The molecule has 1 amide bonds. The van der Waals surface area contributed by atoms with Crippen LogP contribution in [0, 0.1) is 25.7 Å². The van der Waals surface area contributed by atoms with E-state index in [9.17, 15) is 4.79 Å². The molecule has 1 N–H and O–H groups in total. The summed E-state index contributed by atoms with van der Waals surface area (Å²) >= 11 is 3.59. The number of halogens is 3. The molecule has 0 bridgehead atoms. The summed E-state index contributed by atoms with van der Waals surface area (Å²) in [7, 11) is 4.08. The van der Waals surface area contributed by atoms with Crippen molar-refractivity contribution in [1.82, 2.24) is 19.8 Å². The topological polar surface area (TPSA) is 64.6 Å². The normalized spacial score (nSPS) is 14.1. The number of carbonyl (C=O) groups excluding carboxylic acids is 1. The Kier molecular flexibility index (Phi) is 11.2. The Hall–Kier alpha value is -2.60. The van der Waals surface area contributed by atoms with Crippen molar-refractivity contribution < 1.29 is 9.18 Å². The number of hydrogen-bond donors (Lipinski definition) is 1. The molecule has 0 atom stereocenters. The number of piperazine rings is 1. The second-order valence-electron chi connectivity index (χ2n) is 10.8. The van der Waals surface area contributed by atoms with Gasteiger partial charge in [0.25, 0.3) is 5.91 Å². The Balaban J connectivity index is 1.54. The summed E-state index contributed by atoms with van der Waals surface area (Å²) in [5.41, 5.74) is 6.42. The third-order valence-electron chi connectivity index (χ3n) is 7.67. The molecule has 0 unspecified atom stereocenters. The van der Waals surface area contributed by atoms with Crippen molar-refractivity contribution >= 4 is 68.2 Å². The minimum atomic E-state index is -1.64. The standard InChI is InChI=1S/C33H37FI2N6O/c1-7-41(6)31-30(24(4)37-21-38-31)23(3)8-10-25-18-28(13-9-22(25)2)39-32(43)26-11-12-27(29(19-26)33(34,35)36)20-42-16-14-40(5)15-17-42/h9,11-13,18-19,21H,3,7,14-17,20H2,1-2,4-6H3,(H,39,43). The van der Waals surface area contributed by atoms with E-state index in [4.69, 9.17) is 0 Å². The monoisotopic (exact) mass is 806 g/mol. The van der Waals surface area contributed by atoms with Gasteiger partial charge >= 0.3 is 0 Å². The maximum Gasteiger partial charge on any atom is 0.255 e. The van der Waals surface area contributed by atoms with Crippen LogP contribution < -0.4 is 10.2 Å². The lowest BCUT2D eigenvalue weighted by molar-refractivity contribution is 0.102. The van der Waals surface area contributed by atoms with Crippen LogP contribution >= 0.6 is 45.2 Å². The van der Waals surface area contributed by atoms with Crippen molar-refractivity contribution in [2.45, 2.75) is 29.0 Å². The number of anilines is 2. The first-order valence-corrected chi connectivity index (χ1v) is 16.3. The summed E-state index contributed by atoms with van der Waals surface area (Å²) in [5.74, 6) is 6.88. The van der Waals surface area contributed by atoms with Gasteiger partial charge in [0.2, 0.25) is 1.68 Å². The van der Waals surface area contributed by atoms with Gasteiger partial charge < -0.3 is 15.1 Å². The second kappa shape index (κ2) is 14.5. The van der Waals surface area contributed by atoms with Crippen molar-refractivity contribution in [1.29, 1.82) is 0 Å². The van der Waals surface area contributed by atoms with Crippen molar-refractivity contribution in [3.8, 4) is 11.8 Å². The average molecular weight is 807 g/mol. The van der Waals surface area contributed by atoms with Gasteiger partial charge in [0, 0.05) is 74.3 Å². The Labute approximate surface area is 281 Å². The smallest absolute Gasteiger partial charge is 0.255 e. The summed E-state index contributed by atoms with van der Waals surface area (Å²) in [6.45, 7) is 15.4. The number of carbonyl (C=O) groups is 1. The molecule has 3 aromatic rings. The van der Waals surface area contributed by atoms with E-state index >= 15 is 4.39 Å². The lowest BCUT2D eigenvalue weighted by Gasteiger charge is -2.33. The van der Waals surface area contributed by atoms with Gasteiger partial charge in [0.1, 0.15) is 12.1 Å². The number of benzene rings is 2. The Morgan fingerprint density at radius 2 is 1.86 bits per heavy atom. The molecule has 1 fully saturated rings. The van der Waals surface area contributed by atoms with E-state index in [1.165, 1.54) is 0 Å². The largest absolute Gasteiger partial charge is 0.359 e. The highest BCUT2D eigenvalue weighted by Gasteiger charge is 2.29. The van der Waals surface area contributed by atoms with Gasteiger partial charge in [-0.2, -0.15) is 0 Å². The van der Waals surface area contributed by atoms with E-state index in [0.29, 0.717) is 28.9 Å². The van der Waals surface area contributed by atoms with Crippen LogP contribution in [0.3, 0.4) is 0 Å². The summed E-state index contributed by atoms with van der Waals surface area (Å²) in [4.78, 5) is 28.8. The minimum Gasteiger partial charge on any atom is -0.359 e. The van der Waals surface area contributed by atoms with Crippen LogP contribution in [-0.4, -0.2) is 72.5 Å². The van der Waals surface area contributed by atoms with E-state index in [1.54, 1.807) is 63.6 Å². The SMILES string of the molecule is C=C(C#Cc1cc(NC(=O)c2ccc(CN3CCN(C)CC3)c(C(F)(I)I)c2)ccc1C)c1c(C)ncnc1N(C)CC. The Morgan fingerprint density at radius 3 is 2.53 bits per heavy atom. The van der Waals surface area contributed by atoms with Crippen LogP contribution in [0.4, 0.5) is 15.9 Å². The predicted octanol–water partition coefficient (Wildman–Crippen LogP) is 6.56. The molecule has 4 rings (SSSR count). The third-order valence-corrected chi connectivity index (χ3v) is 8.83. The summed E-state index contributed by atoms with van der Waals surface area (Å²) < 4.78 is 13.7. The molecule has 1 aliphatic rings. The lowest BCUT2D eigenvalue weighted by atomic mass is 10.0. The number of nitrogens with one attached hydrogen (secondary N) is 1. The fourth-order valence-electron chi connectivity index (χ4n) is 4.86. The number of allylic oxidation sites excluding steroid dienone is 1. The summed E-state index contributed by atoms with van der Waals surface area (Å²) in [6, 6.07) is 10.9. The van der Waals surface area contributed by atoms with Gasteiger partial charge in [-0.15, -0.1) is 0 Å². The first-order valence-electron chi connectivity index (χ1n) is 14.1. The zero-order valence-corrected chi connectivity index (χ0v) is 29.6. The van der Waals surface area contributed by atoms with Gasteiger partial charge in [-0.1, -0.05) is 30.6 Å². The molecule has 1 saturated heterocycles. The van der Waals surface area contributed by atoms with Crippen LogP contribution in [0.1, 0.15) is 50.8 Å². The highest BCUT2D eigenvalue weighted by molar-refractivity contribution is 14.2. The van der Waals surface area contributed by atoms with E-state index < -0.39 is 1.68 Å². The van der Waals surface area contributed by atoms with Gasteiger partial charge in [-0.25, -0.2) is 14.4 Å². The number of aryl methyl sites for hydroxylation is 2. The maximum absolute atomic E-state index is 15.3. The van der Waals surface area contributed by atoms with Crippen molar-refractivity contribution in [2.75, 3.05) is 57.0 Å². The molecular weight excluding hydrogens is 769 g/mol. The summed E-state index contributed by atoms with van der Waals surface area (Å²) in [6.07, 6.45) is 1.55. The molecule has 10 heteroatoms. The number of rotatable bonds is 8. The van der Waals surface area contributed by atoms with Gasteiger partial charge in [0.15, 0.2) is 0 Å². The molecule has 43 heavy (non-hydrogen) atoms. The molecule has 0 saturated carbocycles. The quantitative estimate of drug-likeness (QED) is 0.158. The average Bonchev–Trinajstić information content (AvgIpc) is 2.97. The minimum absolute atomic E-state index is 0.305. The molecule has 0 aliphatic carbocycles. The molecule has 0 radical (unpaired) electrons. The van der Waals surface area contributed by atoms with E-state index in [1.807, 2.05) is 50.1 Å². The van der Waals surface area contributed by atoms with E-state index in [2.05, 4.69) is 57.5 Å². The highest BCUT2D eigenvalue weighted by Crippen LogP contribution is 2.43. The zero-order chi connectivity index (χ0) is 31.3. The fourth-order valence-corrected chi connectivity index (χ4v) is 5.87. The van der Waals surface area contributed by atoms with Crippen LogP contribution in [-0.2, 0) is 8.23 Å². The maximum atomic E-state index is 15.3. The summed E-state index contributed by atoms with van der Waals surface area (Å²) in [5, 5.41) is 2.97. The molecule has 1 aromatic heterocycles. The molecular formula is C33H37FI2N6O. The second-order valence-corrected chi connectivity index (χ2v) is 15.9. The van der Waals surface area contributed by atoms with Crippen LogP contribution in [0.15, 0.2) is 49.3 Å². The first kappa shape index (κ1) is 33.3. The predicted molar refractivity (Wildman–Crippen MR) is 191 cm³/mol. The molecule has 2 aromatic carbocycles. The number of likely N-dealkylation sites (N-methyl/N-ethyl adjacent to an activating group) is 1. The Bertz CT molecular complexity index is 1570. The molecule has 226 valence electrons. The zero-order valence-electron chi connectivity index (χ0n) is 25.3. The number of alkyl halides is 3. The van der Waals surface area contributed by atoms with Crippen molar-refractivity contribution in [3.05, 3.63) is 88.4 Å². The van der Waals surface area contributed by atoms with Gasteiger partial charge in [-0.05, 0) is 108 Å². The first-order chi connectivity index (χ1) is 20.4. The highest BCUT2D eigenvalue weighted by atomic mass is 127. The van der Waals surface area contributed by atoms with Crippen molar-refractivity contribution in [2.24, 2.45) is 0 Å². The van der Waals surface area contributed by atoms with E-state index in [0.717, 1.165) is 66.5 Å². The lowest BCUT2D eigenvalue weighted by Crippen LogP contribution is -2.44.